The molecule has 32 heavy (non-hydrogen) atoms. The first kappa shape index (κ1) is 20.3. The molecule has 2 atom stereocenters. The lowest BCUT2D eigenvalue weighted by atomic mass is 10.0. The molecule has 5 rings (SSSR count). The minimum absolute atomic E-state index is 0.0836. The summed E-state index contributed by atoms with van der Waals surface area (Å²) in [7, 11) is 4.86. The number of hydrogen-bond donors (Lipinski definition) is 0. The number of nitrogens with zero attached hydrogens (tertiary/aromatic N) is 3. The molecule has 7 heteroatoms. The number of rotatable bonds is 3. The zero-order valence-corrected chi connectivity index (χ0v) is 18.5. The Labute approximate surface area is 185 Å². The van der Waals surface area contributed by atoms with Crippen molar-refractivity contribution in [3.8, 4) is 17.0 Å². The summed E-state index contributed by atoms with van der Waals surface area (Å²) in [5.74, 6) is 0.754. The van der Waals surface area contributed by atoms with Crippen molar-refractivity contribution in [3.63, 3.8) is 0 Å². The Balaban J connectivity index is 1.92. The lowest BCUT2D eigenvalue weighted by Gasteiger charge is -2.32. The maximum Gasteiger partial charge on any atom is 0.331 e. The van der Waals surface area contributed by atoms with Gasteiger partial charge in [0.15, 0.2) is 0 Å². The molecule has 0 N–H and O–H groups in total. The van der Waals surface area contributed by atoms with E-state index in [1.807, 2.05) is 61.5 Å². The topological polar surface area (TPSA) is 67.4 Å². The van der Waals surface area contributed by atoms with Gasteiger partial charge in [0, 0.05) is 20.6 Å². The molecular formula is C25H25N3O4. The molecule has 0 radical (unpaired) electrons. The first-order chi connectivity index (χ1) is 15.4. The van der Waals surface area contributed by atoms with Crippen LogP contribution in [0.1, 0.15) is 24.3 Å². The van der Waals surface area contributed by atoms with Gasteiger partial charge < -0.3 is 14.0 Å². The van der Waals surface area contributed by atoms with Crippen LogP contribution in [0, 0.1) is 0 Å². The van der Waals surface area contributed by atoms with Crippen LogP contribution in [-0.4, -0.2) is 26.9 Å². The monoisotopic (exact) mass is 431 g/mol. The first-order valence-corrected chi connectivity index (χ1v) is 10.6. The first-order valence-electron chi connectivity index (χ1n) is 10.6. The van der Waals surface area contributed by atoms with Crippen LogP contribution in [0.2, 0.25) is 0 Å². The quantitative estimate of drug-likeness (QED) is 0.500. The predicted molar refractivity (Wildman–Crippen MR) is 123 cm³/mol. The Morgan fingerprint density at radius 2 is 1.66 bits per heavy atom. The lowest BCUT2D eigenvalue weighted by Crippen LogP contribution is -2.37. The maximum absolute atomic E-state index is 13.4. The van der Waals surface area contributed by atoms with Crippen molar-refractivity contribution in [1.29, 1.82) is 0 Å². The van der Waals surface area contributed by atoms with Gasteiger partial charge in [-0.15, -0.1) is 0 Å². The molecule has 164 valence electrons. The maximum atomic E-state index is 13.4. The van der Waals surface area contributed by atoms with Crippen LogP contribution < -0.4 is 16.0 Å². The summed E-state index contributed by atoms with van der Waals surface area (Å²) in [5.41, 5.74) is 3.46. The van der Waals surface area contributed by atoms with Crippen molar-refractivity contribution < 1.29 is 9.47 Å². The van der Waals surface area contributed by atoms with Gasteiger partial charge in [-0.2, -0.15) is 0 Å². The number of aryl methyl sites for hydroxylation is 1. The molecule has 1 aliphatic rings. The molecule has 0 amide bonds. The molecule has 0 spiro atoms. The average molecular weight is 431 g/mol. The fraction of sp³-hybridized carbons (Fsp3) is 0.280. The number of aromatic nitrogens is 3. The SMILES string of the molecule is COc1ccc([C@@H]2O[C@H](C)Cn3c(-c4ccccc4)c4c(=O)n(C)c(=O)n(C)c4c32)cc1. The standard InChI is InChI=1S/C25H25N3O4/c1-15-14-28-20(16-8-6-5-7-9-16)19-21(26(2)25(30)27(3)24(19)29)22(28)23(32-15)17-10-12-18(31-4)13-11-17/h5-13,15,23H,14H2,1-4H3/t15-,23+/m1/s1. The lowest BCUT2D eigenvalue weighted by molar-refractivity contribution is -0.0142. The highest BCUT2D eigenvalue weighted by atomic mass is 16.5. The van der Waals surface area contributed by atoms with E-state index in [1.54, 1.807) is 18.7 Å². The average Bonchev–Trinajstić information content (AvgIpc) is 3.16. The number of fused-ring (bicyclic) bond motifs is 3. The summed E-state index contributed by atoms with van der Waals surface area (Å²) < 4.78 is 16.6. The molecule has 3 heterocycles. The van der Waals surface area contributed by atoms with Gasteiger partial charge in [0.1, 0.15) is 11.9 Å². The van der Waals surface area contributed by atoms with Gasteiger partial charge in [0.05, 0.1) is 35.5 Å². The van der Waals surface area contributed by atoms with E-state index >= 15 is 0 Å². The highest BCUT2D eigenvalue weighted by molar-refractivity contribution is 5.96. The zero-order valence-electron chi connectivity index (χ0n) is 18.5. The summed E-state index contributed by atoms with van der Waals surface area (Å²) >= 11 is 0. The largest absolute Gasteiger partial charge is 0.497 e. The third-order valence-electron chi connectivity index (χ3n) is 6.23. The van der Waals surface area contributed by atoms with Crippen LogP contribution in [-0.2, 0) is 25.4 Å². The molecule has 0 saturated heterocycles. The molecule has 0 saturated carbocycles. The number of hydrogen-bond acceptors (Lipinski definition) is 4. The van der Waals surface area contributed by atoms with Crippen molar-refractivity contribution in [1.82, 2.24) is 13.7 Å². The molecule has 0 aliphatic carbocycles. The van der Waals surface area contributed by atoms with Crippen molar-refractivity contribution in [2.24, 2.45) is 14.1 Å². The normalized spacial score (nSPS) is 18.0. The molecule has 4 aromatic rings. The van der Waals surface area contributed by atoms with E-state index < -0.39 is 6.10 Å². The van der Waals surface area contributed by atoms with E-state index in [0.717, 1.165) is 28.3 Å². The van der Waals surface area contributed by atoms with Crippen LogP contribution in [0.3, 0.4) is 0 Å². The zero-order chi connectivity index (χ0) is 22.6. The Morgan fingerprint density at radius 3 is 2.31 bits per heavy atom. The third kappa shape index (κ3) is 2.92. The summed E-state index contributed by atoms with van der Waals surface area (Å²) in [6, 6.07) is 17.6. The number of benzene rings is 2. The Hall–Kier alpha value is -3.58. The van der Waals surface area contributed by atoms with Crippen LogP contribution in [0.5, 0.6) is 5.75 Å². The Bertz CT molecular complexity index is 1430. The third-order valence-corrected chi connectivity index (χ3v) is 6.23. The minimum atomic E-state index is -0.428. The summed E-state index contributed by atoms with van der Waals surface area (Å²) in [4.78, 5) is 26.3. The van der Waals surface area contributed by atoms with E-state index in [9.17, 15) is 9.59 Å². The van der Waals surface area contributed by atoms with Crippen LogP contribution in [0.25, 0.3) is 22.2 Å². The van der Waals surface area contributed by atoms with Gasteiger partial charge in [-0.1, -0.05) is 42.5 Å². The molecular weight excluding hydrogens is 406 g/mol. The van der Waals surface area contributed by atoms with Gasteiger partial charge in [0.2, 0.25) is 0 Å². The summed E-state index contributed by atoms with van der Waals surface area (Å²) in [6.45, 7) is 2.61. The molecule has 2 aromatic heterocycles. The van der Waals surface area contributed by atoms with Crippen molar-refractivity contribution >= 4 is 10.9 Å². The highest BCUT2D eigenvalue weighted by Gasteiger charge is 2.35. The van der Waals surface area contributed by atoms with E-state index in [0.29, 0.717) is 17.4 Å². The van der Waals surface area contributed by atoms with Gasteiger partial charge in [-0.25, -0.2) is 4.79 Å². The van der Waals surface area contributed by atoms with Crippen molar-refractivity contribution in [2.75, 3.05) is 7.11 Å². The predicted octanol–water partition coefficient (Wildman–Crippen LogP) is 3.22. The summed E-state index contributed by atoms with van der Waals surface area (Å²) in [6.07, 6.45) is -0.512. The molecule has 0 bridgehead atoms. The second-order valence-electron chi connectivity index (χ2n) is 8.24. The molecule has 0 fully saturated rings. The fourth-order valence-electron chi connectivity index (χ4n) is 4.70. The van der Waals surface area contributed by atoms with Gasteiger partial charge in [-0.05, 0) is 30.2 Å². The minimum Gasteiger partial charge on any atom is -0.497 e. The second kappa shape index (κ2) is 7.53. The van der Waals surface area contributed by atoms with Crippen LogP contribution in [0.4, 0.5) is 0 Å². The molecule has 0 unspecified atom stereocenters. The van der Waals surface area contributed by atoms with Crippen molar-refractivity contribution in [3.05, 3.63) is 86.7 Å². The molecule has 2 aromatic carbocycles. The highest BCUT2D eigenvalue weighted by Crippen LogP contribution is 2.42. The van der Waals surface area contributed by atoms with Gasteiger partial charge in [-0.3, -0.25) is 13.9 Å². The van der Waals surface area contributed by atoms with Gasteiger partial charge in [0.25, 0.3) is 5.56 Å². The summed E-state index contributed by atoms with van der Waals surface area (Å²) in [5, 5.41) is 0.534. The van der Waals surface area contributed by atoms with Gasteiger partial charge >= 0.3 is 5.69 Å². The number of methoxy groups -OCH3 is 1. The van der Waals surface area contributed by atoms with Crippen LogP contribution in [0.15, 0.2) is 64.2 Å². The smallest absolute Gasteiger partial charge is 0.331 e. The Kier molecular flexibility index (Phi) is 4.78. The van der Waals surface area contributed by atoms with Crippen molar-refractivity contribution in [2.45, 2.75) is 25.7 Å². The van der Waals surface area contributed by atoms with E-state index in [-0.39, 0.29) is 17.4 Å². The van der Waals surface area contributed by atoms with Crippen LogP contribution >= 0.6 is 0 Å². The van der Waals surface area contributed by atoms with E-state index in [4.69, 9.17) is 9.47 Å². The molecule has 1 aliphatic heterocycles. The fourth-order valence-corrected chi connectivity index (χ4v) is 4.70. The number of ether oxygens (including phenoxy) is 2. The molecule has 7 nitrogen and oxygen atoms in total. The Morgan fingerprint density at radius 1 is 0.969 bits per heavy atom. The van der Waals surface area contributed by atoms with E-state index in [2.05, 4.69) is 4.57 Å². The van der Waals surface area contributed by atoms with E-state index in [1.165, 1.54) is 11.6 Å². The second-order valence-corrected chi connectivity index (χ2v) is 8.24.